The molecule has 0 bridgehead atoms. The summed E-state index contributed by atoms with van der Waals surface area (Å²) in [7, 11) is -1.94. The molecule has 0 spiro atoms. The van der Waals surface area contributed by atoms with E-state index in [0.717, 1.165) is 19.3 Å². The smallest absolute Gasteiger partial charge is 0.243 e. The zero-order valence-corrected chi connectivity index (χ0v) is 12.8. The molecule has 2 atom stereocenters. The topological polar surface area (TPSA) is 72.6 Å². The third-order valence-corrected chi connectivity index (χ3v) is 5.94. The molecule has 5 nitrogen and oxygen atoms in total. The molecular weight excluding hydrogens is 276 g/mol. The first-order valence-electron chi connectivity index (χ1n) is 6.88. The largest absolute Gasteiger partial charge is 0.497 e. The van der Waals surface area contributed by atoms with Crippen molar-refractivity contribution in [1.82, 2.24) is 4.31 Å². The van der Waals surface area contributed by atoms with Crippen LogP contribution >= 0.6 is 0 Å². The van der Waals surface area contributed by atoms with Gasteiger partial charge in [-0.3, -0.25) is 0 Å². The van der Waals surface area contributed by atoms with Crippen LogP contribution in [0.4, 0.5) is 0 Å². The molecule has 1 aliphatic heterocycles. The predicted molar refractivity (Wildman–Crippen MR) is 78.2 cm³/mol. The van der Waals surface area contributed by atoms with E-state index >= 15 is 0 Å². The third kappa shape index (κ3) is 2.82. The van der Waals surface area contributed by atoms with Crippen LogP contribution in [0.15, 0.2) is 29.2 Å². The summed E-state index contributed by atoms with van der Waals surface area (Å²) < 4.78 is 32.2. The minimum atomic E-state index is -3.50. The quantitative estimate of drug-likeness (QED) is 0.916. The fraction of sp³-hybridized carbons (Fsp3) is 0.571. The molecule has 1 saturated heterocycles. The van der Waals surface area contributed by atoms with Gasteiger partial charge in [-0.25, -0.2) is 8.42 Å². The lowest BCUT2D eigenvalue weighted by Gasteiger charge is -2.38. The first-order valence-corrected chi connectivity index (χ1v) is 8.32. The zero-order valence-electron chi connectivity index (χ0n) is 12.0. The molecule has 2 unspecified atom stereocenters. The average Bonchev–Trinajstić information content (AvgIpc) is 2.46. The highest BCUT2D eigenvalue weighted by Gasteiger charge is 2.37. The van der Waals surface area contributed by atoms with E-state index in [4.69, 9.17) is 10.5 Å². The van der Waals surface area contributed by atoms with E-state index in [1.54, 1.807) is 35.7 Å². The maximum Gasteiger partial charge on any atom is 0.243 e. The van der Waals surface area contributed by atoms with Crippen molar-refractivity contribution in [1.29, 1.82) is 0 Å². The predicted octanol–water partition coefficient (Wildman–Crippen LogP) is 1.59. The second-order valence-electron chi connectivity index (χ2n) is 5.18. The summed E-state index contributed by atoms with van der Waals surface area (Å²) in [5.41, 5.74) is 5.75. The Morgan fingerprint density at radius 3 is 2.50 bits per heavy atom. The van der Waals surface area contributed by atoms with E-state index in [-0.39, 0.29) is 12.1 Å². The Bertz CT molecular complexity index is 542. The van der Waals surface area contributed by atoms with Crippen molar-refractivity contribution < 1.29 is 13.2 Å². The number of benzene rings is 1. The van der Waals surface area contributed by atoms with Crippen molar-refractivity contribution >= 4 is 10.0 Å². The van der Waals surface area contributed by atoms with Crippen LogP contribution in [-0.2, 0) is 10.0 Å². The van der Waals surface area contributed by atoms with E-state index in [2.05, 4.69) is 0 Å². The Hall–Kier alpha value is -1.11. The maximum absolute atomic E-state index is 12.8. The lowest BCUT2D eigenvalue weighted by Crippen LogP contribution is -2.51. The monoisotopic (exact) mass is 298 g/mol. The summed E-state index contributed by atoms with van der Waals surface area (Å²) in [6.45, 7) is 2.31. The molecule has 1 aromatic carbocycles. The molecule has 1 fully saturated rings. The number of methoxy groups -OCH3 is 1. The fourth-order valence-corrected chi connectivity index (χ4v) is 4.67. The van der Waals surface area contributed by atoms with Crippen molar-refractivity contribution in [3.63, 3.8) is 0 Å². The molecule has 0 radical (unpaired) electrons. The molecule has 1 heterocycles. The van der Waals surface area contributed by atoms with Gasteiger partial charge in [-0.2, -0.15) is 4.31 Å². The fourth-order valence-electron chi connectivity index (χ4n) is 2.79. The Labute approximate surface area is 120 Å². The third-order valence-electron chi connectivity index (χ3n) is 3.86. The summed E-state index contributed by atoms with van der Waals surface area (Å²) in [5, 5.41) is 0. The molecule has 6 heteroatoms. The van der Waals surface area contributed by atoms with Gasteiger partial charge in [0.05, 0.1) is 12.0 Å². The van der Waals surface area contributed by atoms with Crippen LogP contribution in [0.5, 0.6) is 5.75 Å². The molecule has 1 aliphatic rings. The van der Waals surface area contributed by atoms with Crippen LogP contribution in [0.3, 0.4) is 0 Å². The van der Waals surface area contributed by atoms with E-state index in [0.29, 0.717) is 17.2 Å². The van der Waals surface area contributed by atoms with Crippen molar-refractivity contribution in [2.75, 3.05) is 13.7 Å². The molecule has 1 aromatic rings. The van der Waals surface area contributed by atoms with Crippen LogP contribution in [0.25, 0.3) is 0 Å². The Balaban J connectivity index is 2.35. The lowest BCUT2D eigenvalue weighted by atomic mass is 10.00. The van der Waals surface area contributed by atoms with E-state index < -0.39 is 10.0 Å². The standard InChI is InChI=1S/C14H22N2O3S/c1-11-4-3-5-12(10-15)16(11)20(17,18)14-8-6-13(19-2)7-9-14/h6-9,11-12H,3-5,10,15H2,1-2H3. The minimum Gasteiger partial charge on any atom is -0.497 e. The molecule has 112 valence electrons. The molecule has 2 rings (SSSR count). The summed E-state index contributed by atoms with van der Waals surface area (Å²) >= 11 is 0. The Kier molecular flexibility index (Phi) is 4.67. The van der Waals surface area contributed by atoms with Gasteiger partial charge >= 0.3 is 0 Å². The Morgan fingerprint density at radius 1 is 1.30 bits per heavy atom. The van der Waals surface area contributed by atoms with Crippen molar-refractivity contribution in [2.24, 2.45) is 5.73 Å². The minimum absolute atomic E-state index is 0.00981. The number of nitrogens with two attached hydrogens (primary N) is 1. The van der Waals surface area contributed by atoms with E-state index in [1.165, 1.54) is 0 Å². The van der Waals surface area contributed by atoms with Gasteiger partial charge in [-0.1, -0.05) is 6.42 Å². The number of piperidine rings is 1. The number of ether oxygens (including phenoxy) is 1. The van der Waals surface area contributed by atoms with Crippen LogP contribution < -0.4 is 10.5 Å². The lowest BCUT2D eigenvalue weighted by molar-refractivity contribution is 0.196. The van der Waals surface area contributed by atoms with Crippen LogP contribution in [0.1, 0.15) is 26.2 Å². The summed E-state index contributed by atoms with van der Waals surface area (Å²) in [6.07, 6.45) is 2.74. The Morgan fingerprint density at radius 2 is 1.95 bits per heavy atom. The van der Waals surface area contributed by atoms with E-state index in [1.807, 2.05) is 6.92 Å². The molecule has 0 aliphatic carbocycles. The second kappa shape index (κ2) is 6.11. The van der Waals surface area contributed by atoms with Crippen LogP contribution in [-0.4, -0.2) is 38.5 Å². The van der Waals surface area contributed by atoms with Gasteiger partial charge in [-0.15, -0.1) is 0 Å². The van der Waals surface area contributed by atoms with Gasteiger partial charge in [0.25, 0.3) is 0 Å². The molecule has 0 saturated carbocycles. The van der Waals surface area contributed by atoms with Gasteiger partial charge in [0.15, 0.2) is 0 Å². The normalized spacial score (nSPS) is 24.6. The SMILES string of the molecule is COc1ccc(S(=O)(=O)N2C(C)CCCC2CN)cc1. The van der Waals surface area contributed by atoms with Crippen molar-refractivity contribution in [3.8, 4) is 5.75 Å². The van der Waals surface area contributed by atoms with Crippen molar-refractivity contribution in [2.45, 2.75) is 43.2 Å². The summed E-state index contributed by atoms with van der Waals surface area (Å²) in [4.78, 5) is 0.297. The number of hydrogen-bond acceptors (Lipinski definition) is 4. The average molecular weight is 298 g/mol. The number of rotatable bonds is 4. The van der Waals surface area contributed by atoms with Crippen LogP contribution in [0.2, 0.25) is 0 Å². The van der Waals surface area contributed by atoms with Crippen LogP contribution in [0, 0.1) is 0 Å². The molecule has 0 aromatic heterocycles. The highest BCUT2D eigenvalue weighted by atomic mass is 32.2. The first kappa shape index (κ1) is 15.3. The van der Waals surface area contributed by atoms with Gasteiger partial charge in [0, 0.05) is 18.6 Å². The van der Waals surface area contributed by atoms with E-state index in [9.17, 15) is 8.42 Å². The second-order valence-corrected chi connectivity index (χ2v) is 7.02. The number of sulfonamides is 1. The zero-order chi connectivity index (χ0) is 14.8. The highest BCUT2D eigenvalue weighted by molar-refractivity contribution is 7.89. The van der Waals surface area contributed by atoms with Crippen molar-refractivity contribution in [3.05, 3.63) is 24.3 Å². The van der Waals surface area contributed by atoms with Gasteiger partial charge in [-0.05, 0) is 44.0 Å². The molecule has 2 N–H and O–H groups in total. The van der Waals surface area contributed by atoms with Gasteiger partial charge < -0.3 is 10.5 Å². The molecule has 20 heavy (non-hydrogen) atoms. The molecule has 0 amide bonds. The summed E-state index contributed by atoms with van der Waals surface area (Å²) in [5.74, 6) is 0.644. The highest BCUT2D eigenvalue weighted by Crippen LogP contribution is 2.29. The maximum atomic E-state index is 12.8. The first-order chi connectivity index (χ1) is 9.50. The molecular formula is C14H22N2O3S. The van der Waals surface area contributed by atoms with Gasteiger partial charge in [0.1, 0.15) is 5.75 Å². The number of hydrogen-bond donors (Lipinski definition) is 1. The number of nitrogens with zero attached hydrogens (tertiary/aromatic N) is 1. The summed E-state index contributed by atoms with van der Waals surface area (Å²) in [6, 6.07) is 6.39. The van der Waals surface area contributed by atoms with Gasteiger partial charge in [0.2, 0.25) is 10.0 Å².